The molecule has 1 amide bonds. The maximum absolute atomic E-state index is 12.3. The molecule has 4 nitrogen and oxygen atoms in total. The van der Waals surface area contributed by atoms with Crippen LogP contribution in [-0.2, 0) is 11.3 Å². The first kappa shape index (κ1) is 15.5. The van der Waals surface area contributed by atoms with Crippen LogP contribution in [0, 0.1) is 0 Å². The first-order valence-corrected chi connectivity index (χ1v) is 7.98. The van der Waals surface area contributed by atoms with Gasteiger partial charge in [-0.15, -0.1) is 0 Å². The van der Waals surface area contributed by atoms with Gasteiger partial charge in [-0.25, -0.2) is 0 Å². The minimum atomic E-state index is -0.136. The number of anilines is 1. The predicted octanol–water partition coefficient (Wildman–Crippen LogP) is 4.25. The van der Waals surface area contributed by atoms with Gasteiger partial charge < -0.3 is 9.88 Å². The van der Waals surface area contributed by atoms with Crippen molar-refractivity contribution in [1.82, 2.24) is 4.57 Å². The number of aromatic nitrogens is 1. The van der Waals surface area contributed by atoms with Crippen molar-refractivity contribution in [2.45, 2.75) is 13.5 Å². The molecule has 1 heterocycles. The molecule has 2 aromatic carbocycles. The van der Waals surface area contributed by atoms with E-state index in [1.54, 1.807) is 10.8 Å². The number of benzene rings is 2. The summed E-state index contributed by atoms with van der Waals surface area (Å²) in [6.07, 6.45) is 1.74. The average Bonchev–Trinajstić information content (AvgIpc) is 2.89. The molecule has 0 aliphatic heterocycles. The summed E-state index contributed by atoms with van der Waals surface area (Å²) >= 11 is 3.36. The van der Waals surface area contributed by atoms with Gasteiger partial charge in [0.05, 0.1) is 0 Å². The van der Waals surface area contributed by atoms with E-state index in [4.69, 9.17) is 0 Å². The van der Waals surface area contributed by atoms with E-state index < -0.39 is 0 Å². The third kappa shape index (κ3) is 3.35. The molecule has 0 spiro atoms. The van der Waals surface area contributed by atoms with E-state index in [1.807, 2.05) is 48.5 Å². The summed E-state index contributed by atoms with van der Waals surface area (Å²) in [5.74, 6) is -0.142. The highest BCUT2D eigenvalue weighted by Gasteiger charge is 2.13. The molecule has 0 fully saturated rings. The number of fused-ring (bicyclic) bond motifs is 1. The Balaban J connectivity index is 1.85. The molecule has 0 saturated carbocycles. The lowest BCUT2D eigenvalue weighted by Gasteiger charge is -2.07. The fourth-order valence-corrected chi connectivity index (χ4v) is 2.81. The number of nitrogens with one attached hydrogen (secondary N) is 1. The lowest BCUT2D eigenvalue weighted by Crippen LogP contribution is -2.18. The predicted molar refractivity (Wildman–Crippen MR) is 94.7 cm³/mol. The molecule has 0 aliphatic rings. The molecule has 3 rings (SSSR count). The maximum Gasteiger partial charge on any atom is 0.244 e. The second-order valence-electron chi connectivity index (χ2n) is 5.30. The number of nitrogens with zero attached hydrogens (tertiary/aromatic N) is 1. The molecule has 0 unspecified atom stereocenters. The Morgan fingerprint density at radius 3 is 2.48 bits per heavy atom. The van der Waals surface area contributed by atoms with Crippen LogP contribution in [0.3, 0.4) is 0 Å². The third-order valence-electron chi connectivity index (χ3n) is 3.61. The van der Waals surface area contributed by atoms with Crippen molar-refractivity contribution in [1.29, 1.82) is 0 Å². The topological polar surface area (TPSA) is 51.1 Å². The summed E-state index contributed by atoms with van der Waals surface area (Å²) in [7, 11) is 0. The summed E-state index contributed by atoms with van der Waals surface area (Å²) in [4.78, 5) is 24.0. The summed E-state index contributed by atoms with van der Waals surface area (Å²) in [5.41, 5.74) is 2.25. The summed E-state index contributed by atoms with van der Waals surface area (Å²) in [5, 5.41) is 3.73. The highest BCUT2D eigenvalue weighted by Crippen LogP contribution is 2.22. The molecule has 0 atom stereocenters. The van der Waals surface area contributed by atoms with Crippen molar-refractivity contribution >= 4 is 44.2 Å². The van der Waals surface area contributed by atoms with Gasteiger partial charge in [-0.1, -0.05) is 34.1 Å². The standard InChI is InChI=1S/C18H15BrN2O2/c1-12(22)16-10-21(17-5-3-2-4-15(16)17)11-18(23)20-14-8-6-13(19)7-9-14/h2-10H,11H2,1H3,(H,20,23). The zero-order valence-electron chi connectivity index (χ0n) is 12.5. The molecular weight excluding hydrogens is 356 g/mol. The first-order chi connectivity index (χ1) is 11.0. The van der Waals surface area contributed by atoms with Gasteiger partial charge in [0.2, 0.25) is 5.91 Å². The van der Waals surface area contributed by atoms with E-state index in [9.17, 15) is 9.59 Å². The second-order valence-corrected chi connectivity index (χ2v) is 6.21. The number of Topliss-reactive ketones (excluding diaryl/α,β-unsaturated/α-hetero) is 1. The molecule has 1 aromatic heterocycles. The SMILES string of the molecule is CC(=O)c1cn(CC(=O)Nc2ccc(Br)cc2)c2ccccc12. The first-order valence-electron chi connectivity index (χ1n) is 7.19. The van der Waals surface area contributed by atoms with Crippen molar-refractivity contribution in [3.63, 3.8) is 0 Å². The molecular formula is C18H15BrN2O2. The van der Waals surface area contributed by atoms with E-state index >= 15 is 0 Å². The Morgan fingerprint density at radius 2 is 1.78 bits per heavy atom. The molecule has 5 heteroatoms. The van der Waals surface area contributed by atoms with Gasteiger partial charge in [0.25, 0.3) is 0 Å². The zero-order valence-corrected chi connectivity index (χ0v) is 14.1. The van der Waals surface area contributed by atoms with Crippen LogP contribution in [0.1, 0.15) is 17.3 Å². The Hall–Kier alpha value is -2.40. The smallest absolute Gasteiger partial charge is 0.244 e. The number of hydrogen-bond acceptors (Lipinski definition) is 2. The van der Waals surface area contributed by atoms with Crippen molar-refractivity contribution in [2.24, 2.45) is 0 Å². The van der Waals surface area contributed by atoms with E-state index in [0.29, 0.717) is 5.56 Å². The van der Waals surface area contributed by atoms with Crippen molar-refractivity contribution in [2.75, 3.05) is 5.32 Å². The lowest BCUT2D eigenvalue weighted by molar-refractivity contribution is -0.116. The maximum atomic E-state index is 12.3. The number of carbonyl (C=O) groups excluding carboxylic acids is 2. The largest absolute Gasteiger partial charge is 0.337 e. The number of para-hydroxylation sites is 1. The van der Waals surface area contributed by atoms with Gasteiger partial charge in [0, 0.05) is 32.8 Å². The average molecular weight is 371 g/mol. The Morgan fingerprint density at radius 1 is 1.09 bits per heavy atom. The second kappa shape index (κ2) is 6.38. The van der Waals surface area contributed by atoms with Crippen LogP contribution in [0.25, 0.3) is 10.9 Å². The van der Waals surface area contributed by atoms with Crippen LogP contribution in [0.15, 0.2) is 59.2 Å². The van der Waals surface area contributed by atoms with Crippen LogP contribution in [0.4, 0.5) is 5.69 Å². The van der Waals surface area contributed by atoms with Gasteiger partial charge in [-0.2, -0.15) is 0 Å². The Bertz CT molecular complexity index is 882. The third-order valence-corrected chi connectivity index (χ3v) is 4.14. The number of hydrogen-bond donors (Lipinski definition) is 1. The van der Waals surface area contributed by atoms with Crippen molar-refractivity contribution < 1.29 is 9.59 Å². The quantitative estimate of drug-likeness (QED) is 0.698. The minimum Gasteiger partial charge on any atom is -0.337 e. The summed E-state index contributed by atoms with van der Waals surface area (Å²) < 4.78 is 2.76. The van der Waals surface area contributed by atoms with Gasteiger partial charge in [-0.3, -0.25) is 9.59 Å². The Labute approximate surface area is 142 Å². The van der Waals surface area contributed by atoms with Crippen LogP contribution >= 0.6 is 15.9 Å². The molecule has 23 heavy (non-hydrogen) atoms. The molecule has 116 valence electrons. The van der Waals surface area contributed by atoms with E-state index in [2.05, 4.69) is 21.2 Å². The van der Waals surface area contributed by atoms with Gasteiger partial charge in [-0.05, 0) is 37.3 Å². The number of amides is 1. The lowest BCUT2D eigenvalue weighted by atomic mass is 10.1. The zero-order chi connectivity index (χ0) is 16.4. The molecule has 0 aliphatic carbocycles. The molecule has 1 N–H and O–H groups in total. The van der Waals surface area contributed by atoms with Crippen LogP contribution in [-0.4, -0.2) is 16.3 Å². The molecule has 3 aromatic rings. The molecule has 0 saturated heterocycles. The van der Waals surface area contributed by atoms with Crippen LogP contribution in [0.5, 0.6) is 0 Å². The highest BCUT2D eigenvalue weighted by molar-refractivity contribution is 9.10. The summed E-state index contributed by atoms with van der Waals surface area (Å²) in [6.45, 7) is 1.69. The van der Waals surface area contributed by atoms with Crippen LogP contribution < -0.4 is 5.32 Å². The normalized spacial score (nSPS) is 10.7. The van der Waals surface area contributed by atoms with Gasteiger partial charge >= 0.3 is 0 Å². The fourth-order valence-electron chi connectivity index (χ4n) is 2.55. The number of carbonyl (C=O) groups is 2. The van der Waals surface area contributed by atoms with Crippen LogP contribution in [0.2, 0.25) is 0 Å². The van der Waals surface area contributed by atoms with E-state index in [-0.39, 0.29) is 18.2 Å². The molecule has 0 bridgehead atoms. The fraction of sp³-hybridized carbons (Fsp3) is 0.111. The number of rotatable bonds is 4. The van der Waals surface area contributed by atoms with Crippen molar-refractivity contribution in [3.05, 3.63) is 64.8 Å². The van der Waals surface area contributed by atoms with E-state index in [0.717, 1.165) is 21.1 Å². The van der Waals surface area contributed by atoms with Gasteiger partial charge in [0.1, 0.15) is 6.54 Å². The molecule has 0 radical (unpaired) electrons. The number of halogens is 1. The Kier molecular flexibility index (Phi) is 4.30. The minimum absolute atomic E-state index is 0.00623. The van der Waals surface area contributed by atoms with E-state index in [1.165, 1.54) is 6.92 Å². The highest BCUT2D eigenvalue weighted by atomic mass is 79.9. The number of ketones is 1. The monoisotopic (exact) mass is 370 g/mol. The van der Waals surface area contributed by atoms with Crippen molar-refractivity contribution in [3.8, 4) is 0 Å². The summed E-state index contributed by atoms with van der Waals surface area (Å²) in [6, 6.07) is 15.0. The van der Waals surface area contributed by atoms with Gasteiger partial charge in [0.15, 0.2) is 5.78 Å².